The Kier molecular flexibility index (Phi) is 4.14. The summed E-state index contributed by atoms with van der Waals surface area (Å²) in [6.45, 7) is 8.01. The van der Waals surface area contributed by atoms with Gasteiger partial charge >= 0.3 is 0 Å². The zero-order valence-electron chi connectivity index (χ0n) is 11.1. The molecule has 5 nitrogen and oxygen atoms in total. The van der Waals surface area contributed by atoms with Crippen LogP contribution < -0.4 is 11.1 Å². The topological polar surface area (TPSA) is 75.4 Å². The molecule has 1 fully saturated rings. The molecule has 0 aromatic heterocycles. The second kappa shape index (κ2) is 5.04. The van der Waals surface area contributed by atoms with Crippen LogP contribution in [0.4, 0.5) is 0 Å². The summed E-state index contributed by atoms with van der Waals surface area (Å²) in [6, 6.07) is 0.0583. The number of amides is 2. The van der Waals surface area contributed by atoms with Crippen LogP contribution >= 0.6 is 0 Å². The maximum atomic E-state index is 12.3. The van der Waals surface area contributed by atoms with E-state index in [4.69, 9.17) is 5.73 Å². The van der Waals surface area contributed by atoms with E-state index in [0.717, 1.165) is 12.8 Å². The first-order valence-electron chi connectivity index (χ1n) is 6.14. The van der Waals surface area contributed by atoms with Gasteiger partial charge in [0.05, 0.1) is 6.04 Å². The summed E-state index contributed by atoms with van der Waals surface area (Å²) >= 11 is 0. The van der Waals surface area contributed by atoms with Crippen molar-refractivity contribution in [2.75, 3.05) is 6.54 Å². The van der Waals surface area contributed by atoms with Crippen molar-refractivity contribution in [1.29, 1.82) is 0 Å². The summed E-state index contributed by atoms with van der Waals surface area (Å²) in [5.74, 6) is -0.482. The molecule has 1 aliphatic rings. The minimum Gasteiger partial charge on any atom is -0.368 e. The number of nitrogens with two attached hydrogens (primary N) is 1. The predicted molar refractivity (Wildman–Crippen MR) is 66.3 cm³/mol. The lowest BCUT2D eigenvalue weighted by atomic mass is 9.95. The quantitative estimate of drug-likeness (QED) is 0.740. The first-order valence-corrected chi connectivity index (χ1v) is 6.14. The van der Waals surface area contributed by atoms with Crippen molar-refractivity contribution in [3.63, 3.8) is 0 Å². The van der Waals surface area contributed by atoms with Crippen molar-refractivity contribution in [2.24, 2.45) is 5.73 Å². The molecule has 98 valence electrons. The van der Waals surface area contributed by atoms with E-state index in [1.807, 2.05) is 13.8 Å². The Hall–Kier alpha value is -1.10. The van der Waals surface area contributed by atoms with Gasteiger partial charge in [0, 0.05) is 12.6 Å². The molecular weight excluding hydrogens is 218 g/mol. The van der Waals surface area contributed by atoms with Gasteiger partial charge in [-0.05, 0) is 26.7 Å². The molecule has 3 N–H and O–H groups in total. The van der Waals surface area contributed by atoms with Crippen molar-refractivity contribution in [1.82, 2.24) is 10.2 Å². The highest BCUT2D eigenvalue weighted by atomic mass is 16.2. The second-order valence-corrected chi connectivity index (χ2v) is 5.43. The lowest BCUT2D eigenvalue weighted by Gasteiger charge is -2.42. The van der Waals surface area contributed by atoms with Crippen LogP contribution in [0.5, 0.6) is 0 Å². The Balaban J connectivity index is 2.81. The molecule has 1 atom stereocenters. The van der Waals surface area contributed by atoms with Gasteiger partial charge in [-0.3, -0.25) is 9.59 Å². The summed E-state index contributed by atoms with van der Waals surface area (Å²) < 4.78 is 0. The fourth-order valence-electron chi connectivity index (χ4n) is 2.12. The molecule has 17 heavy (non-hydrogen) atoms. The molecule has 1 rings (SSSR count). The molecule has 1 unspecified atom stereocenters. The molecule has 0 spiro atoms. The Morgan fingerprint density at radius 3 is 2.59 bits per heavy atom. The lowest BCUT2D eigenvalue weighted by Crippen LogP contribution is -2.62. The number of carbonyl (C=O) groups is 2. The predicted octanol–water partition coefficient (Wildman–Crippen LogP) is 0.239. The van der Waals surface area contributed by atoms with Crippen molar-refractivity contribution >= 4 is 11.8 Å². The molecule has 0 bridgehead atoms. The van der Waals surface area contributed by atoms with Crippen LogP contribution in [0.3, 0.4) is 0 Å². The fourth-order valence-corrected chi connectivity index (χ4v) is 2.12. The number of carbonyl (C=O) groups excluding carboxylic acids is 2. The molecule has 1 heterocycles. The van der Waals surface area contributed by atoms with Crippen molar-refractivity contribution < 1.29 is 9.59 Å². The Labute approximate surface area is 103 Å². The summed E-state index contributed by atoms with van der Waals surface area (Å²) in [5, 5.41) is 3.23. The van der Waals surface area contributed by atoms with Gasteiger partial charge in [0.15, 0.2) is 0 Å². The average Bonchev–Trinajstić information content (AvgIpc) is 2.20. The first kappa shape index (κ1) is 14.0. The van der Waals surface area contributed by atoms with Gasteiger partial charge in [0.2, 0.25) is 11.8 Å². The summed E-state index contributed by atoms with van der Waals surface area (Å²) in [6.07, 6.45) is 1.72. The van der Waals surface area contributed by atoms with Crippen molar-refractivity contribution in [3.05, 3.63) is 0 Å². The highest BCUT2D eigenvalue weighted by Gasteiger charge is 2.40. The summed E-state index contributed by atoms with van der Waals surface area (Å²) in [4.78, 5) is 25.3. The molecule has 0 aromatic carbocycles. The smallest absolute Gasteiger partial charge is 0.242 e. The second-order valence-electron chi connectivity index (χ2n) is 5.43. The van der Waals surface area contributed by atoms with E-state index in [-0.39, 0.29) is 18.0 Å². The highest BCUT2D eigenvalue weighted by Crippen LogP contribution is 2.22. The molecule has 0 aromatic rings. The SMILES string of the molecule is CC(C)NC1CCCN(C(C)(C)C(N)=O)C1=O. The summed E-state index contributed by atoms with van der Waals surface area (Å²) in [7, 11) is 0. The van der Waals surface area contributed by atoms with Crippen LogP contribution in [0.2, 0.25) is 0 Å². The van der Waals surface area contributed by atoms with Gasteiger partial charge in [0.25, 0.3) is 0 Å². The Bertz CT molecular complexity index is 313. The number of rotatable bonds is 4. The number of primary amides is 1. The third kappa shape index (κ3) is 2.97. The maximum Gasteiger partial charge on any atom is 0.242 e. The number of nitrogens with zero attached hydrogens (tertiary/aromatic N) is 1. The third-order valence-electron chi connectivity index (χ3n) is 3.25. The monoisotopic (exact) mass is 241 g/mol. The number of hydrogen-bond donors (Lipinski definition) is 2. The van der Waals surface area contributed by atoms with Gasteiger partial charge in [-0.1, -0.05) is 13.8 Å². The van der Waals surface area contributed by atoms with E-state index < -0.39 is 11.4 Å². The Morgan fingerprint density at radius 1 is 1.53 bits per heavy atom. The van der Waals surface area contributed by atoms with Crippen LogP contribution in [0.25, 0.3) is 0 Å². The van der Waals surface area contributed by atoms with Crippen molar-refractivity contribution in [2.45, 2.75) is 58.2 Å². The minimum atomic E-state index is -0.908. The summed E-state index contributed by atoms with van der Waals surface area (Å²) in [5.41, 5.74) is 4.45. The van der Waals surface area contributed by atoms with Crippen LogP contribution in [0.15, 0.2) is 0 Å². The third-order valence-corrected chi connectivity index (χ3v) is 3.25. The highest BCUT2D eigenvalue weighted by molar-refractivity contribution is 5.92. The van der Waals surface area contributed by atoms with E-state index in [1.165, 1.54) is 0 Å². The van der Waals surface area contributed by atoms with Crippen molar-refractivity contribution in [3.8, 4) is 0 Å². The number of piperidine rings is 1. The molecule has 0 aliphatic carbocycles. The maximum absolute atomic E-state index is 12.3. The van der Waals surface area contributed by atoms with Gasteiger partial charge in [-0.2, -0.15) is 0 Å². The lowest BCUT2D eigenvalue weighted by molar-refractivity contribution is -0.148. The average molecular weight is 241 g/mol. The number of likely N-dealkylation sites (tertiary alicyclic amines) is 1. The molecule has 0 radical (unpaired) electrons. The van der Waals surface area contributed by atoms with E-state index in [2.05, 4.69) is 5.32 Å². The molecule has 1 saturated heterocycles. The molecular formula is C12H23N3O2. The van der Waals surface area contributed by atoms with E-state index in [1.54, 1.807) is 18.7 Å². The fraction of sp³-hybridized carbons (Fsp3) is 0.833. The van der Waals surface area contributed by atoms with E-state index >= 15 is 0 Å². The van der Waals surface area contributed by atoms with Gasteiger partial charge in [-0.25, -0.2) is 0 Å². The van der Waals surface area contributed by atoms with Crippen LogP contribution in [0.1, 0.15) is 40.5 Å². The first-order chi connectivity index (χ1) is 7.76. The largest absolute Gasteiger partial charge is 0.368 e. The number of nitrogens with one attached hydrogen (secondary N) is 1. The van der Waals surface area contributed by atoms with Crippen LogP contribution in [-0.2, 0) is 9.59 Å². The van der Waals surface area contributed by atoms with Gasteiger partial charge in [-0.15, -0.1) is 0 Å². The zero-order chi connectivity index (χ0) is 13.2. The van der Waals surface area contributed by atoms with Crippen LogP contribution in [-0.4, -0.2) is 40.9 Å². The standard InChI is InChI=1S/C12H23N3O2/c1-8(2)14-9-6-5-7-15(10(9)16)12(3,4)11(13)17/h8-9,14H,5-7H2,1-4H3,(H2,13,17). The molecule has 0 saturated carbocycles. The minimum absolute atomic E-state index is 0.0197. The zero-order valence-corrected chi connectivity index (χ0v) is 11.1. The van der Waals surface area contributed by atoms with Gasteiger partial charge < -0.3 is 16.0 Å². The van der Waals surface area contributed by atoms with Gasteiger partial charge in [0.1, 0.15) is 5.54 Å². The molecule has 1 aliphatic heterocycles. The molecule has 5 heteroatoms. The number of hydrogen-bond acceptors (Lipinski definition) is 3. The van der Waals surface area contributed by atoms with Crippen LogP contribution in [0, 0.1) is 0 Å². The van der Waals surface area contributed by atoms with E-state index in [9.17, 15) is 9.59 Å². The molecule has 2 amide bonds. The normalized spacial score (nSPS) is 22.1. The Morgan fingerprint density at radius 2 is 2.12 bits per heavy atom. The van der Waals surface area contributed by atoms with E-state index in [0.29, 0.717) is 6.54 Å².